The number of thiazole rings is 1. The molecule has 0 aliphatic heterocycles. The van der Waals surface area contributed by atoms with Crippen molar-refractivity contribution in [1.29, 1.82) is 0 Å². The summed E-state index contributed by atoms with van der Waals surface area (Å²) in [6.45, 7) is 0. The lowest BCUT2D eigenvalue weighted by Gasteiger charge is -1.95. The molecule has 0 saturated carbocycles. The van der Waals surface area contributed by atoms with Gasteiger partial charge < -0.3 is 0 Å². The lowest BCUT2D eigenvalue weighted by atomic mass is 10.1. The molecule has 0 unspecified atom stereocenters. The lowest BCUT2D eigenvalue weighted by molar-refractivity contribution is 0.112. The van der Waals surface area contributed by atoms with Crippen LogP contribution < -0.4 is 0 Å². The Labute approximate surface area is 85.2 Å². The molecule has 2 aromatic rings. The number of carbonyl (C=O) groups is 1. The number of hydrogen-bond donors (Lipinski definition) is 0. The van der Waals surface area contributed by atoms with Crippen molar-refractivity contribution in [3.8, 4) is 11.3 Å². The first kappa shape index (κ1) is 7.88. The number of nitrogens with zero attached hydrogens (tertiary/aromatic N) is 1. The fourth-order valence-corrected chi connectivity index (χ4v) is 2.75. The summed E-state index contributed by atoms with van der Waals surface area (Å²) in [6.07, 6.45) is 1.75. The minimum atomic E-state index is 0.588. The predicted octanol–water partition coefficient (Wildman–Crippen LogP) is 2.53. The highest BCUT2D eigenvalue weighted by molar-refractivity contribution is 7.13. The van der Waals surface area contributed by atoms with Crippen LogP contribution in [0.5, 0.6) is 0 Å². The van der Waals surface area contributed by atoms with Crippen LogP contribution in [0.4, 0.5) is 0 Å². The van der Waals surface area contributed by atoms with E-state index >= 15 is 0 Å². The van der Waals surface area contributed by atoms with Crippen LogP contribution in [0.15, 0.2) is 24.3 Å². The van der Waals surface area contributed by atoms with E-state index in [0.29, 0.717) is 5.01 Å². The van der Waals surface area contributed by atoms with E-state index in [0.717, 1.165) is 18.4 Å². The Morgan fingerprint density at radius 3 is 3.07 bits per heavy atom. The van der Waals surface area contributed by atoms with Crippen LogP contribution in [0, 0.1) is 0 Å². The highest BCUT2D eigenvalue weighted by atomic mass is 32.1. The molecule has 68 valence electrons. The molecule has 14 heavy (non-hydrogen) atoms. The molecule has 1 heterocycles. The normalized spacial score (nSPS) is 12.3. The van der Waals surface area contributed by atoms with Crippen molar-refractivity contribution in [2.45, 2.75) is 6.42 Å². The molecule has 0 spiro atoms. The van der Waals surface area contributed by atoms with Gasteiger partial charge in [-0.2, -0.15) is 0 Å². The molecular formula is C11H7NOS. The zero-order chi connectivity index (χ0) is 9.54. The molecule has 3 heteroatoms. The van der Waals surface area contributed by atoms with Crippen molar-refractivity contribution in [3.05, 3.63) is 39.7 Å². The largest absolute Gasteiger partial charge is 0.295 e. The third-order valence-corrected chi connectivity index (χ3v) is 3.42. The summed E-state index contributed by atoms with van der Waals surface area (Å²) in [5.74, 6) is 0. The fourth-order valence-electron chi connectivity index (χ4n) is 1.83. The van der Waals surface area contributed by atoms with Gasteiger partial charge in [0.15, 0.2) is 11.3 Å². The molecule has 1 aliphatic carbocycles. The van der Waals surface area contributed by atoms with Gasteiger partial charge in [0.05, 0.1) is 5.69 Å². The minimum absolute atomic E-state index is 0.588. The molecule has 0 atom stereocenters. The summed E-state index contributed by atoms with van der Waals surface area (Å²) in [5, 5.41) is 0.588. The molecule has 0 fully saturated rings. The topological polar surface area (TPSA) is 30.0 Å². The summed E-state index contributed by atoms with van der Waals surface area (Å²) < 4.78 is 0. The van der Waals surface area contributed by atoms with E-state index in [4.69, 9.17) is 0 Å². The second-order valence-corrected chi connectivity index (χ2v) is 4.39. The highest BCUT2D eigenvalue weighted by Gasteiger charge is 2.22. The first-order valence-corrected chi connectivity index (χ1v) is 5.23. The second kappa shape index (κ2) is 2.75. The van der Waals surface area contributed by atoms with E-state index in [2.05, 4.69) is 17.1 Å². The van der Waals surface area contributed by atoms with Gasteiger partial charge in [0.1, 0.15) is 0 Å². The van der Waals surface area contributed by atoms with E-state index in [1.807, 2.05) is 12.1 Å². The standard InChI is InChI=1S/C11H7NOS/c13-6-10-12-11-8-4-2-1-3-7(8)5-9(11)14-10/h1-4,6H,5H2. The van der Waals surface area contributed by atoms with Gasteiger partial charge in [-0.15, -0.1) is 11.3 Å². The third kappa shape index (κ3) is 0.960. The smallest absolute Gasteiger partial charge is 0.178 e. The zero-order valence-electron chi connectivity index (χ0n) is 7.36. The minimum Gasteiger partial charge on any atom is -0.295 e. The number of benzene rings is 1. The number of fused-ring (bicyclic) bond motifs is 3. The van der Waals surface area contributed by atoms with Gasteiger partial charge in [-0.05, 0) is 5.56 Å². The zero-order valence-corrected chi connectivity index (χ0v) is 8.17. The Morgan fingerprint density at radius 2 is 2.21 bits per heavy atom. The monoisotopic (exact) mass is 201 g/mol. The molecule has 0 bridgehead atoms. The van der Waals surface area contributed by atoms with Gasteiger partial charge in [0.25, 0.3) is 0 Å². The van der Waals surface area contributed by atoms with E-state index in [1.54, 1.807) is 0 Å². The van der Waals surface area contributed by atoms with E-state index in [9.17, 15) is 4.79 Å². The number of aromatic nitrogens is 1. The number of carbonyl (C=O) groups excluding carboxylic acids is 1. The fraction of sp³-hybridized carbons (Fsp3) is 0.0909. The molecule has 0 saturated heterocycles. The van der Waals surface area contributed by atoms with Crippen LogP contribution in [-0.2, 0) is 6.42 Å². The molecule has 0 N–H and O–H groups in total. The maximum absolute atomic E-state index is 10.6. The maximum Gasteiger partial charge on any atom is 0.178 e. The molecule has 0 amide bonds. The van der Waals surface area contributed by atoms with Crippen LogP contribution in [-0.4, -0.2) is 11.3 Å². The number of hydrogen-bond acceptors (Lipinski definition) is 3. The van der Waals surface area contributed by atoms with E-state index < -0.39 is 0 Å². The van der Waals surface area contributed by atoms with Crippen molar-refractivity contribution in [2.24, 2.45) is 0 Å². The van der Waals surface area contributed by atoms with Gasteiger partial charge >= 0.3 is 0 Å². The van der Waals surface area contributed by atoms with Crippen LogP contribution in [0.2, 0.25) is 0 Å². The van der Waals surface area contributed by atoms with Crippen molar-refractivity contribution in [3.63, 3.8) is 0 Å². The first-order valence-electron chi connectivity index (χ1n) is 4.41. The van der Waals surface area contributed by atoms with Crippen LogP contribution in [0.3, 0.4) is 0 Å². The Bertz CT molecular complexity index is 516. The quantitative estimate of drug-likeness (QED) is 0.566. The summed E-state index contributed by atoms with van der Waals surface area (Å²) in [6, 6.07) is 8.23. The van der Waals surface area contributed by atoms with E-state index in [-0.39, 0.29) is 0 Å². The molecule has 2 nitrogen and oxygen atoms in total. The van der Waals surface area contributed by atoms with Crippen molar-refractivity contribution in [1.82, 2.24) is 4.98 Å². The summed E-state index contributed by atoms with van der Waals surface area (Å²) in [7, 11) is 0. The second-order valence-electron chi connectivity index (χ2n) is 3.28. The predicted molar refractivity (Wildman–Crippen MR) is 55.7 cm³/mol. The maximum atomic E-state index is 10.6. The molecule has 1 aliphatic rings. The molecule has 1 aromatic carbocycles. The van der Waals surface area contributed by atoms with Gasteiger partial charge in [0.2, 0.25) is 0 Å². The summed E-state index contributed by atoms with van der Waals surface area (Å²) in [4.78, 5) is 16.1. The number of rotatable bonds is 1. The van der Waals surface area contributed by atoms with Gasteiger partial charge in [-0.25, -0.2) is 4.98 Å². The van der Waals surface area contributed by atoms with Gasteiger partial charge in [-0.3, -0.25) is 4.79 Å². The SMILES string of the molecule is O=Cc1nc2c(s1)Cc1ccccc1-2. The van der Waals surface area contributed by atoms with Crippen LogP contribution >= 0.6 is 11.3 Å². The third-order valence-electron chi connectivity index (χ3n) is 2.44. The van der Waals surface area contributed by atoms with Crippen LogP contribution in [0.1, 0.15) is 20.2 Å². The Hall–Kier alpha value is -1.48. The van der Waals surface area contributed by atoms with Crippen LogP contribution in [0.25, 0.3) is 11.3 Å². The molecule has 0 radical (unpaired) electrons. The van der Waals surface area contributed by atoms with Crippen molar-refractivity contribution < 1.29 is 4.79 Å². The van der Waals surface area contributed by atoms with Gasteiger partial charge in [-0.1, -0.05) is 24.3 Å². The van der Waals surface area contributed by atoms with E-state index in [1.165, 1.54) is 27.3 Å². The Balaban J connectivity index is 2.24. The lowest BCUT2D eigenvalue weighted by Crippen LogP contribution is -1.81. The molecule has 3 rings (SSSR count). The Kier molecular flexibility index (Phi) is 1.55. The average Bonchev–Trinajstić information content (AvgIpc) is 2.73. The molecular weight excluding hydrogens is 194 g/mol. The first-order chi connectivity index (χ1) is 6.88. The summed E-state index contributed by atoms with van der Waals surface area (Å²) >= 11 is 1.50. The van der Waals surface area contributed by atoms with Crippen molar-refractivity contribution in [2.75, 3.05) is 0 Å². The highest BCUT2D eigenvalue weighted by Crippen LogP contribution is 2.38. The summed E-state index contributed by atoms with van der Waals surface area (Å²) in [5.41, 5.74) is 3.51. The van der Waals surface area contributed by atoms with Gasteiger partial charge in [0, 0.05) is 16.9 Å². The molecule has 1 aromatic heterocycles. The van der Waals surface area contributed by atoms with Crippen molar-refractivity contribution >= 4 is 17.6 Å². The average molecular weight is 201 g/mol. The Morgan fingerprint density at radius 1 is 1.36 bits per heavy atom. The number of aldehydes is 1.